The topological polar surface area (TPSA) is 66.8 Å². The van der Waals surface area contributed by atoms with Gasteiger partial charge in [-0.05, 0) is 31.0 Å². The average Bonchev–Trinajstić information content (AvgIpc) is 2.95. The van der Waals surface area contributed by atoms with E-state index in [1.807, 2.05) is 31.2 Å². The van der Waals surface area contributed by atoms with Gasteiger partial charge in [-0.2, -0.15) is 0 Å². The Morgan fingerprint density at radius 2 is 2.20 bits per heavy atom. The number of amides is 1. The predicted octanol–water partition coefficient (Wildman–Crippen LogP) is 1.73. The van der Waals surface area contributed by atoms with E-state index in [4.69, 9.17) is 9.84 Å². The van der Waals surface area contributed by atoms with Crippen molar-refractivity contribution in [3.05, 3.63) is 29.8 Å². The fourth-order valence-corrected chi connectivity index (χ4v) is 2.49. The van der Waals surface area contributed by atoms with Crippen LogP contribution in [0.2, 0.25) is 0 Å². The zero-order valence-electron chi connectivity index (χ0n) is 11.7. The van der Waals surface area contributed by atoms with Gasteiger partial charge in [-0.3, -0.25) is 9.59 Å². The number of nitrogens with zero attached hydrogens (tertiary/aromatic N) is 1. The van der Waals surface area contributed by atoms with Crippen LogP contribution in [0.15, 0.2) is 24.3 Å². The molecule has 1 amide bonds. The molecule has 0 spiro atoms. The number of carbonyl (C=O) groups is 2. The molecule has 1 aliphatic heterocycles. The molecule has 1 aromatic carbocycles. The maximum Gasteiger partial charge on any atom is 0.308 e. The van der Waals surface area contributed by atoms with Gasteiger partial charge in [0.2, 0.25) is 5.91 Å². The standard InChI is InChI=1S/C15H19NO4/c1-10(11-4-3-5-13(8-11)20-2)14(17)16-7-6-12(9-16)15(18)19/h3-5,8,10,12H,6-7,9H2,1-2H3,(H,18,19)/t10-,12-/m0/s1. The van der Waals surface area contributed by atoms with Gasteiger partial charge in [0.15, 0.2) is 0 Å². The average molecular weight is 277 g/mol. The van der Waals surface area contributed by atoms with Gasteiger partial charge in [-0.1, -0.05) is 12.1 Å². The second-order valence-corrected chi connectivity index (χ2v) is 5.11. The zero-order chi connectivity index (χ0) is 14.7. The zero-order valence-corrected chi connectivity index (χ0v) is 11.7. The molecule has 2 atom stereocenters. The Labute approximate surface area is 118 Å². The molecule has 1 fully saturated rings. The number of likely N-dealkylation sites (tertiary alicyclic amines) is 1. The number of carboxylic acid groups (broad SMARTS) is 1. The molecular formula is C15H19NO4. The minimum absolute atomic E-state index is 0.0259. The van der Waals surface area contributed by atoms with Crippen molar-refractivity contribution < 1.29 is 19.4 Å². The first kappa shape index (κ1) is 14.4. The highest BCUT2D eigenvalue weighted by atomic mass is 16.5. The highest BCUT2D eigenvalue weighted by Crippen LogP contribution is 2.25. The Bertz CT molecular complexity index is 514. The number of methoxy groups -OCH3 is 1. The molecule has 1 aromatic rings. The lowest BCUT2D eigenvalue weighted by Crippen LogP contribution is -2.33. The molecule has 20 heavy (non-hydrogen) atoms. The Balaban J connectivity index is 2.07. The number of hydrogen-bond acceptors (Lipinski definition) is 3. The molecule has 0 saturated carbocycles. The van der Waals surface area contributed by atoms with Crippen molar-refractivity contribution in [2.45, 2.75) is 19.3 Å². The van der Waals surface area contributed by atoms with Gasteiger partial charge in [0.25, 0.3) is 0 Å². The predicted molar refractivity (Wildman–Crippen MR) is 73.7 cm³/mol. The van der Waals surface area contributed by atoms with Gasteiger partial charge in [-0.15, -0.1) is 0 Å². The van der Waals surface area contributed by atoms with E-state index in [-0.39, 0.29) is 11.8 Å². The SMILES string of the molecule is COc1cccc([C@H](C)C(=O)N2CC[C@H](C(=O)O)C2)c1. The molecule has 5 heteroatoms. The normalized spacial score (nSPS) is 19.7. The first-order valence-corrected chi connectivity index (χ1v) is 6.68. The summed E-state index contributed by atoms with van der Waals surface area (Å²) in [6, 6.07) is 7.40. The summed E-state index contributed by atoms with van der Waals surface area (Å²) in [5, 5.41) is 8.98. The lowest BCUT2D eigenvalue weighted by Gasteiger charge is -2.21. The van der Waals surface area contributed by atoms with E-state index in [1.165, 1.54) is 0 Å². The molecule has 1 N–H and O–H groups in total. The largest absolute Gasteiger partial charge is 0.497 e. The number of ether oxygens (including phenoxy) is 1. The first-order valence-electron chi connectivity index (χ1n) is 6.68. The first-order chi connectivity index (χ1) is 9.52. The van der Waals surface area contributed by atoms with E-state index >= 15 is 0 Å². The van der Waals surface area contributed by atoms with Crippen molar-refractivity contribution in [1.29, 1.82) is 0 Å². The van der Waals surface area contributed by atoms with Crippen LogP contribution in [0, 0.1) is 5.92 Å². The van der Waals surface area contributed by atoms with Gasteiger partial charge in [-0.25, -0.2) is 0 Å². The van der Waals surface area contributed by atoms with Crippen LogP contribution in [0.1, 0.15) is 24.8 Å². The Morgan fingerprint density at radius 1 is 1.45 bits per heavy atom. The van der Waals surface area contributed by atoms with Gasteiger partial charge < -0.3 is 14.7 Å². The van der Waals surface area contributed by atoms with Crippen molar-refractivity contribution in [2.24, 2.45) is 5.92 Å². The molecule has 2 rings (SSSR count). The molecular weight excluding hydrogens is 258 g/mol. The molecule has 1 heterocycles. The Morgan fingerprint density at radius 3 is 2.80 bits per heavy atom. The van der Waals surface area contributed by atoms with E-state index in [9.17, 15) is 9.59 Å². The molecule has 5 nitrogen and oxygen atoms in total. The van der Waals surface area contributed by atoms with E-state index < -0.39 is 11.9 Å². The minimum Gasteiger partial charge on any atom is -0.497 e. The summed E-state index contributed by atoms with van der Waals surface area (Å²) >= 11 is 0. The molecule has 0 unspecified atom stereocenters. The van der Waals surface area contributed by atoms with Crippen LogP contribution in [-0.4, -0.2) is 42.1 Å². The van der Waals surface area contributed by atoms with Crippen LogP contribution < -0.4 is 4.74 Å². The summed E-state index contributed by atoms with van der Waals surface area (Å²) in [7, 11) is 1.59. The molecule has 108 valence electrons. The number of aliphatic carboxylic acids is 1. The lowest BCUT2D eigenvalue weighted by molar-refractivity contribution is -0.141. The number of carbonyl (C=O) groups excluding carboxylic acids is 1. The monoisotopic (exact) mass is 277 g/mol. The number of carboxylic acids is 1. The fraction of sp³-hybridized carbons (Fsp3) is 0.467. The van der Waals surface area contributed by atoms with Crippen molar-refractivity contribution >= 4 is 11.9 Å². The fourth-order valence-electron chi connectivity index (χ4n) is 2.49. The Hall–Kier alpha value is -2.04. The molecule has 0 aliphatic carbocycles. The summed E-state index contributed by atoms with van der Waals surface area (Å²) in [5.74, 6) is -0.863. The minimum atomic E-state index is -0.825. The summed E-state index contributed by atoms with van der Waals surface area (Å²) in [4.78, 5) is 25.0. The second kappa shape index (κ2) is 5.94. The van der Waals surface area contributed by atoms with Gasteiger partial charge in [0.05, 0.1) is 18.9 Å². The van der Waals surface area contributed by atoms with Crippen LogP contribution in [0.25, 0.3) is 0 Å². The molecule has 1 saturated heterocycles. The van der Waals surface area contributed by atoms with E-state index in [0.29, 0.717) is 25.3 Å². The third kappa shape index (κ3) is 2.92. The summed E-state index contributed by atoms with van der Waals surface area (Å²) in [6.07, 6.45) is 0.534. The van der Waals surface area contributed by atoms with Crippen molar-refractivity contribution in [3.8, 4) is 5.75 Å². The van der Waals surface area contributed by atoms with E-state index in [0.717, 1.165) is 5.56 Å². The molecule has 0 bridgehead atoms. The molecule has 1 aliphatic rings. The number of benzene rings is 1. The second-order valence-electron chi connectivity index (χ2n) is 5.11. The highest BCUT2D eigenvalue weighted by molar-refractivity contribution is 5.84. The quantitative estimate of drug-likeness (QED) is 0.910. The van der Waals surface area contributed by atoms with Crippen LogP contribution in [0.5, 0.6) is 5.75 Å². The van der Waals surface area contributed by atoms with Crippen LogP contribution in [0.4, 0.5) is 0 Å². The van der Waals surface area contributed by atoms with Crippen molar-refractivity contribution in [3.63, 3.8) is 0 Å². The Kier molecular flexibility index (Phi) is 4.27. The summed E-state index contributed by atoms with van der Waals surface area (Å²) in [5.41, 5.74) is 0.883. The van der Waals surface area contributed by atoms with Crippen molar-refractivity contribution in [2.75, 3.05) is 20.2 Å². The molecule has 0 radical (unpaired) electrons. The van der Waals surface area contributed by atoms with Crippen LogP contribution >= 0.6 is 0 Å². The van der Waals surface area contributed by atoms with Crippen LogP contribution in [-0.2, 0) is 9.59 Å². The third-order valence-corrected chi connectivity index (χ3v) is 3.81. The highest BCUT2D eigenvalue weighted by Gasteiger charge is 2.33. The summed E-state index contributed by atoms with van der Waals surface area (Å²) in [6.45, 7) is 2.66. The number of hydrogen-bond donors (Lipinski definition) is 1. The van der Waals surface area contributed by atoms with E-state index in [2.05, 4.69) is 0 Å². The molecule has 0 aromatic heterocycles. The maximum absolute atomic E-state index is 12.4. The smallest absolute Gasteiger partial charge is 0.308 e. The summed E-state index contributed by atoms with van der Waals surface area (Å²) < 4.78 is 5.16. The van der Waals surface area contributed by atoms with Gasteiger partial charge in [0.1, 0.15) is 5.75 Å². The third-order valence-electron chi connectivity index (χ3n) is 3.81. The van der Waals surface area contributed by atoms with Crippen molar-refractivity contribution in [1.82, 2.24) is 4.90 Å². The van der Waals surface area contributed by atoms with Crippen LogP contribution in [0.3, 0.4) is 0 Å². The number of rotatable bonds is 4. The maximum atomic E-state index is 12.4. The van der Waals surface area contributed by atoms with Gasteiger partial charge in [0, 0.05) is 13.1 Å². The lowest BCUT2D eigenvalue weighted by atomic mass is 9.99. The van der Waals surface area contributed by atoms with E-state index in [1.54, 1.807) is 12.0 Å². The van der Waals surface area contributed by atoms with Gasteiger partial charge >= 0.3 is 5.97 Å².